The molecule has 1 atom stereocenters. The number of nitrogens with zero attached hydrogens (tertiary/aromatic N) is 2. The lowest BCUT2D eigenvalue weighted by Crippen LogP contribution is -2.27. The maximum absolute atomic E-state index is 13.1. The molecule has 1 unspecified atom stereocenters. The van der Waals surface area contributed by atoms with Crippen molar-refractivity contribution in [2.45, 2.75) is 39.2 Å². The summed E-state index contributed by atoms with van der Waals surface area (Å²) in [7, 11) is 3.19. The van der Waals surface area contributed by atoms with Gasteiger partial charge in [-0.15, -0.1) is 0 Å². The largest absolute Gasteiger partial charge is 0.497 e. The first-order chi connectivity index (χ1) is 14.2. The van der Waals surface area contributed by atoms with Crippen LogP contribution in [0.1, 0.15) is 55.5 Å². The van der Waals surface area contributed by atoms with Gasteiger partial charge in [0.05, 0.1) is 31.4 Å². The summed E-state index contributed by atoms with van der Waals surface area (Å²) in [4.78, 5) is 17.6. The van der Waals surface area contributed by atoms with Crippen LogP contribution in [0.3, 0.4) is 0 Å². The number of carbonyl (C=O) groups is 1. The van der Waals surface area contributed by atoms with Gasteiger partial charge in [0.2, 0.25) is 0 Å². The lowest BCUT2D eigenvalue weighted by molar-refractivity contribution is 0.0940. The fourth-order valence-corrected chi connectivity index (χ4v) is 3.04. The van der Waals surface area contributed by atoms with Crippen molar-refractivity contribution in [3.8, 4) is 23.0 Å². The number of rotatable bonds is 6. The molecule has 0 spiro atoms. The molecule has 3 rings (SSSR count). The average Bonchev–Trinajstić information content (AvgIpc) is 3.24. The molecule has 158 valence electrons. The second-order valence-electron chi connectivity index (χ2n) is 8.02. The highest BCUT2D eigenvalue weighted by atomic mass is 16.5. The van der Waals surface area contributed by atoms with E-state index >= 15 is 0 Å². The third kappa shape index (κ3) is 4.45. The van der Waals surface area contributed by atoms with Crippen LogP contribution in [0, 0.1) is 0 Å². The topological polar surface area (TPSA) is 86.5 Å². The van der Waals surface area contributed by atoms with E-state index in [1.807, 2.05) is 52.0 Å². The van der Waals surface area contributed by atoms with Crippen LogP contribution in [0.2, 0.25) is 0 Å². The zero-order chi connectivity index (χ0) is 21.9. The van der Waals surface area contributed by atoms with Gasteiger partial charge in [-0.2, -0.15) is 4.98 Å². The number of hydrogen-bond acceptors (Lipinski definition) is 6. The molecule has 1 amide bonds. The number of aromatic nitrogens is 2. The molecule has 0 aliphatic rings. The zero-order valence-electron chi connectivity index (χ0n) is 18.1. The summed E-state index contributed by atoms with van der Waals surface area (Å²) < 4.78 is 16.2. The van der Waals surface area contributed by atoms with Crippen LogP contribution in [0.25, 0.3) is 11.5 Å². The molecule has 0 saturated heterocycles. The third-order valence-electron chi connectivity index (χ3n) is 4.75. The summed E-state index contributed by atoms with van der Waals surface area (Å²) in [5.41, 5.74) is 1.60. The minimum atomic E-state index is -0.316. The van der Waals surface area contributed by atoms with Crippen LogP contribution in [-0.4, -0.2) is 30.3 Å². The van der Waals surface area contributed by atoms with Gasteiger partial charge in [0.1, 0.15) is 11.5 Å². The standard InChI is InChI=1S/C23H27N3O4/c1-14(18-13-15(28-5)11-12-19(18)29-6)24-20(27)16-9-7-8-10-17(16)21-25-22(26-30-21)23(2,3)4/h7-14H,1-6H3,(H,24,27). The average molecular weight is 409 g/mol. The number of amides is 1. The highest BCUT2D eigenvalue weighted by Gasteiger charge is 2.24. The molecule has 7 heteroatoms. The first-order valence-corrected chi connectivity index (χ1v) is 9.71. The van der Waals surface area contributed by atoms with E-state index in [9.17, 15) is 4.79 Å². The summed E-state index contributed by atoms with van der Waals surface area (Å²) in [6, 6.07) is 12.3. The van der Waals surface area contributed by atoms with Crippen LogP contribution in [-0.2, 0) is 5.41 Å². The molecule has 0 aliphatic heterocycles. The van der Waals surface area contributed by atoms with Gasteiger partial charge in [-0.1, -0.05) is 38.1 Å². The van der Waals surface area contributed by atoms with Crippen molar-refractivity contribution in [3.05, 3.63) is 59.4 Å². The number of carbonyl (C=O) groups excluding carboxylic acids is 1. The quantitative estimate of drug-likeness (QED) is 0.643. The molecule has 0 fully saturated rings. The monoisotopic (exact) mass is 409 g/mol. The molecule has 0 saturated carbocycles. The number of methoxy groups -OCH3 is 2. The predicted octanol–water partition coefficient (Wildman–Crippen LogP) is 4.54. The first-order valence-electron chi connectivity index (χ1n) is 9.71. The van der Waals surface area contributed by atoms with Crippen LogP contribution < -0.4 is 14.8 Å². The van der Waals surface area contributed by atoms with Gasteiger partial charge in [0, 0.05) is 11.0 Å². The van der Waals surface area contributed by atoms with Crippen molar-refractivity contribution in [3.63, 3.8) is 0 Å². The normalized spacial score (nSPS) is 12.3. The molecule has 30 heavy (non-hydrogen) atoms. The van der Waals surface area contributed by atoms with Crippen LogP contribution in [0.15, 0.2) is 47.0 Å². The van der Waals surface area contributed by atoms with Crippen molar-refractivity contribution in [2.24, 2.45) is 0 Å². The number of hydrogen-bond donors (Lipinski definition) is 1. The van der Waals surface area contributed by atoms with E-state index in [4.69, 9.17) is 14.0 Å². The smallest absolute Gasteiger partial charge is 0.258 e. The van der Waals surface area contributed by atoms with Gasteiger partial charge >= 0.3 is 0 Å². The summed E-state index contributed by atoms with van der Waals surface area (Å²) >= 11 is 0. The van der Waals surface area contributed by atoms with Crippen molar-refractivity contribution in [1.29, 1.82) is 0 Å². The Labute approximate surface area is 176 Å². The maximum Gasteiger partial charge on any atom is 0.258 e. The molecule has 0 radical (unpaired) electrons. The summed E-state index contributed by atoms with van der Waals surface area (Å²) in [5.74, 6) is 2.01. The van der Waals surface area contributed by atoms with E-state index in [0.717, 1.165) is 5.56 Å². The minimum absolute atomic E-state index is 0.251. The first kappa shape index (κ1) is 21.4. The second kappa shape index (κ2) is 8.57. The van der Waals surface area contributed by atoms with Crippen molar-refractivity contribution in [2.75, 3.05) is 14.2 Å². The van der Waals surface area contributed by atoms with Gasteiger partial charge in [0.15, 0.2) is 5.82 Å². The summed E-state index contributed by atoms with van der Waals surface area (Å²) in [5, 5.41) is 7.09. The molecule has 0 bridgehead atoms. The van der Waals surface area contributed by atoms with Crippen LogP contribution >= 0.6 is 0 Å². The molecule has 1 aromatic heterocycles. The van der Waals surface area contributed by atoms with Gasteiger partial charge in [-0.05, 0) is 37.3 Å². The van der Waals surface area contributed by atoms with Gasteiger partial charge in [0.25, 0.3) is 11.8 Å². The Kier molecular flexibility index (Phi) is 6.10. The Morgan fingerprint density at radius 2 is 1.83 bits per heavy atom. The van der Waals surface area contributed by atoms with E-state index in [0.29, 0.717) is 34.3 Å². The lowest BCUT2D eigenvalue weighted by atomic mass is 9.96. The second-order valence-corrected chi connectivity index (χ2v) is 8.02. The molecule has 3 aromatic rings. The van der Waals surface area contributed by atoms with Gasteiger partial charge in [-0.3, -0.25) is 4.79 Å². The molecule has 1 N–H and O–H groups in total. The third-order valence-corrected chi connectivity index (χ3v) is 4.75. The molecule has 7 nitrogen and oxygen atoms in total. The summed E-state index contributed by atoms with van der Waals surface area (Å²) in [6.45, 7) is 7.90. The van der Waals surface area contributed by atoms with E-state index in [-0.39, 0.29) is 17.4 Å². The highest BCUT2D eigenvalue weighted by Crippen LogP contribution is 2.30. The number of benzene rings is 2. The molecule has 0 aliphatic carbocycles. The fraction of sp³-hybridized carbons (Fsp3) is 0.348. The van der Waals surface area contributed by atoms with E-state index in [2.05, 4.69) is 15.5 Å². The summed E-state index contributed by atoms with van der Waals surface area (Å²) in [6.07, 6.45) is 0. The predicted molar refractivity (Wildman–Crippen MR) is 114 cm³/mol. The Balaban J connectivity index is 1.89. The number of ether oxygens (including phenoxy) is 2. The maximum atomic E-state index is 13.1. The lowest BCUT2D eigenvalue weighted by Gasteiger charge is -2.19. The molecular weight excluding hydrogens is 382 g/mol. The van der Waals surface area contributed by atoms with Crippen molar-refractivity contribution in [1.82, 2.24) is 15.5 Å². The van der Waals surface area contributed by atoms with Gasteiger partial charge in [-0.25, -0.2) is 0 Å². The minimum Gasteiger partial charge on any atom is -0.497 e. The molecule has 1 heterocycles. The van der Waals surface area contributed by atoms with Gasteiger partial charge < -0.3 is 19.3 Å². The van der Waals surface area contributed by atoms with Crippen molar-refractivity contribution < 1.29 is 18.8 Å². The molecular formula is C23H27N3O4. The number of nitrogens with one attached hydrogen (secondary N) is 1. The van der Waals surface area contributed by atoms with E-state index < -0.39 is 0 Å². The van der Waals surface area contributed by atoms with E-state index in [1.165, 1.54) is 0 Å². The molecule has 2 aromatic carbocycles. The van der Waals surface area contributed by atoms with Crippen LogP contribution in [0.5, 0.6) is 11.5 Å². The Morgan fingerprint density at radius 1 is 1.10 bits per heavy atom. The zero-order valence-corrected chi connectivity index (χ0v) is 18.1. The highest BCUT2D eigenvalue weighted by molar-refractivity contribution is 6.00. The Morgan fingerprint density at radius 3 is 2.47 bits per heavy atom. The van der Waals surface area contributed by atoms with Crippen LogP contribution in [0.4, 0.5) is 0 Å². The Bertz CT molecular complexity index is 1040. The SMILES string of the molecule is COc1ccc(OC)c(C(C)NC(=O)c2ccccc2-c2nc(C(C)(C)C)no2)c1. The Hall–Kier alpha value is -3.35. The fourth-order valence-electron chi connectivity index (χ4n) is 3.04. The van der Waals surface area contributed by atoms with E-state index in [1.54, 1.807) is 32.4 Å². The van der Waals surface area contributed by atoms with Crippen molar-refractivity contribution >= 4 is 5.91 Å².